The number of aliphatic hydroxyl groups excluding tert-OH is 1. The van der Waals surface area contributed by atoms with E-state index in [2.05, 4.69) is 25.7 Å². The molecule has 0 spiro atoms. The molecule has 0 aliphatic rings. The molecule has 0 rings (SSSR count). The highest BCUT2D eigenvalue weighted by Crippen LogP contribution is 2.21. The molecule has 0 saturated heterocycles. The molecule has 0 amide bonds. The molecule has 3 atom stereocenters. The molecule has 1 N–H and O–H groups in total. The molecule has 160 valence electrons. The van der Waals surface area contributed by atoms with Gasteiger partial charge in [-0.1, -0.05) is 85.0 Å². The summed E-state index contributed by atoms with van der Waals surface area (Å²) >= 11 is 6.62. The van der Waals surface area contributed by atoms with Gasteiger partial charge < -0.3 is 10.0 Å². The third kappa shape index (κ3) is 16.7. The Bertz CT molecular complexity index is 273. The van der Waals surface area contributed by atoms with Gasteiger partial charge in [0.15, 0.2) is 0 Å². The number of rotatable bonds is 18. The molecule has 26 heavy (non-hydrogen) atoms. The zero-order valence-electron chi connectivity index (χ0n) is 18.0. The third-order valence-electron chi connectivity index (χ3n) is 5.34. The van der Waals surface area contributed by atoms with E-state index in [1.807, 2.05) is 6.92 Å². The summed E-state index contributed by atoms with van der Waals surface area (Å²) in [7, 11) is 0. The predicted octanol–water partition coefficient (Wildman–Crippen LogP) is 7.20. The molecular formula is C22H47Cl2NO. The Morgan fingerprint density at radius 2 is 1.23 bits per heavy atom. The van der Waals surface area contributed by atoms with Crippen LogP contribution in [-0.4, -0.2) is 40.6 Å². The maximum atomic E-state index is 9.77. The standard InChI is InChI=1S/C22H46ClNO.ClH/c1-5-8-9-10-11-12-13-14-15-16-17-21(23)19-22(18-20(4)25)24(6-2)7-3;/h20-22,25H,5-19H2,1-4H3;1H. The summed E-state index contributed by atoms with van der Waals surface area (Å²) in [5.41, 5.74) is 0. The van der Waals surface area contributed by atoms with Crippen molar-refractivity contribution in [3.05, 3.63) is 0 Å². The van der Waals surface area contributed by atoms with Gasteiger partial charge in [-0.3, -0.25) is 0 Å². The van der Waals surface area contributed by atoms with Gasteiger partial charge in [0.25, 0.3) is 0 Å². The topological polar surface area (TPSA) is 23.5 Å². The summed E-state index contributed by atoms with van der Waals surface area (Å²) < 4.78 is 0. The molecular weight excluding hydrogens is 365 g/mol. The molecule has 0 fully saturated rings. The first-order chi connectivity index (χ1) is 12.0. The average molecular weight is 413 g/mol. The summed E-state index contributed by atoms with van der Waals surface area (Å²) in [5, 5.41) is 10.0. The molecule has 4 heteroatoms. The van der Waals surface area contributed by atoms with E-state index >= 15 is 0 Å². The molecule has 0 aliphatic carbocycles. The maximum absolute atomic E-state index is 9.77. The second-order valence-electron chi connectivity index (χ2n) is 7.76. The fourth-order valence-electron chi connectivity index (χ4n) is 3.79. The average Bonchev–Trinajstić information content (AvgIpc) is 2.57. The number of unbranched alkanes of at least 4 members (excludes halogenated alkanes) is 9. The number of aliphatic hydroxyl groups is 1. The van der Waals surface area contributed by atoms with Gasteiger partial charge in [-0.25, -0.2) is 0 Å². The molecule has 0 aliphatic heterocycles. The molecule has 2 nitrogen and oxygen atoms in total. The van der Waals surface area contributed by atoms with E-state index in [4.69, 9.17) is 11.6 Å². The van der Waals surface area contributed by atoms with E-state index in [-0.39, 0.29) is 23.9 Å². The first-order valence-electron chi connectivity index (χ1n) is 11.1. The van der Waals surface area contributed by atoms with Gasteiger partial charge in [0.05, 0.1) is 6.10 Å². The van der Waals surface area contributed by atoms with Crippen LogP contribution in [-0.2, 0) is 0 Å². The molecule has 0 aromatic heterocycles. The van der Waals surface area contributed by atoms with Crippen LogP contribution < -0.4 is 0 Å². The molecule has 0 aromatic rings. The van der Waals surface area contributed by atoms with Crippen LogP contribution in [0.5, 0.6) is 0 Å². The van der Waals surface area contributed by atoms with Gasteiger partial charge in [0.1, 0.15) is 0 Å². The molecule has 0 radical (unpaired) electrons. The van der Waals surface area contributed by atoms with Crippen LogP contribution in [0.3, 0.4) is 0 Å². The highest BCUT2D eigenvalue weighted by molar-refractivity contribution is 6.20. The lowest BCUT2D eigenvalue weighted by Crippen LogP contribution is -2.38. The zero-order chi connectivity index (χ0) is 18.9. The SMILES string of the molecule is CCCCCCCCCCCCC(Cl)CC(CC(C)O)N(CC)CC.Cl. The van der Waals surface area contributed by atoms with E-state index in [1.165, 1.54) is 64.2 Å². The number of halogens is 2. The van der Waals surface area contributed by atoms with E-state index in [0.29, 0.717) is 6.04 Å². The highest BCUT2D eigenvalue weighted by atomic mass is 35.5. The van der Waals surface area contributed by atoms with Crippen LogP contribution in [0.1, 0.15) is 111 Å². The van der Waals surface area contributed by atoms with Gasteiger partial charge >= 0.3 is 0 Å². The predicted molar refractivity (Wildman–Crippen MR) is 121 cm³/mol. The van der Waals surface area contributed by atoms with Gasteiger partial charge in [0.2, 0.25) is 0 Å². The smallest absolute Gasteiger partial charge is 0.0527 e. The zero-order valence-corrected chi connectivity index (χ0v) is 19.6. The number of alkyl halides is 1. The van der Waals surface area contributed by atoms with Crippen molar-refractivity contribution in [1.29, 1.82) is 0 Å². The van der Waals surface area contributed by atoms with Crippen molar-refractivity contribution in [3.8, 4) is 0 Å². The molecule has 0 saturated carbocycles. The molecule has 3 unspecified atom stereocenters. The number of hydrogen-bond donors (Lipinski definition) is 1. The van der Waals surface area contributed by atoms with Crippen LogP contribution in [0.25, 0.3) is 0 Å². The van der Waals surface area contributed by atoms with Crippen molar-refractivity contribution in [3.63, 3.8) is 0 Å². The quantitative estimate of drug-likeness (QED) is 0.190. The van der Waals surface area contributed by atoms with Gasteiger partial charge in [-0.2, -0.15) is 0 Å². The van der Waals surface area contributed by atoms with E-state index in [9.17, 15) is 5.11 Å². The minimum absolute atomic E-state index is 0. The minimum atomic E-state index is -0.244. The highest BCUT2D eigenvalue weighted by Gasteiger charge is 2.21. The number of nitrogens with zero attached hydrogens (tertiary/aromatic N) is 1. The first-order valence-corrected chi connectivity index (χ1v) is 11.5. The Kier molecular flexibility index (Phi) is 22.3. The van der Waals surface area contributed by atoms with Crippen LogP contribution in [0.4, 0.5) is 0 Å². The first kappa shape index (κ1) is 28.7. The Balaban J connectivity index is 0. The van der Waals surface area contributed by atoms with E-state index in [0.717, 1.165) is 32.4 Å². The molecule has 0 heterocycles. The van der Waals surface area contributed by atoms with E-state index < -0.39 is 0 Å². The summed E-state index contributed by atoms with van der Waals surface area (Å²) in [6, 6.07) is 0.417. The van der Waals surface area contributed by atoms with Crippen molar-refractivity contribution < 1.29 is 5.11 Å². The van der Waals surface area contributed by atoms with Crippen molar-refractivity contribution in [1.82, 2.24) is 4.90 Å². The van der Waals surface area contributed by atoms with Crippen LogP contribution in [0, 0.1) is 0 Å². The Labute approximate surface area is 175 Å². The van der Waals surface area contributed by atoms with Crippen LogP contribution in [0.2, 0.25) is 0 Å². The van der Waals surface area contributed by atoms with Crippen molar-refractivity contribution in [2.24, 2.45) is 0 Å². The van der Waals surface area contributed by atoms with Gasteiger partial charge in [-0.05, 0) is 39.3 Å². The number of hydrogen-bond acceptors (Lipinski definition) is 2. The van der Waals surface area contributed by atoms with Crippen LogP contribution >= 0.6 is 24.0 Å². The Morgan fingerprint density at radius 1 is 0.769 bits per heavy atom. The lowest BCUT2D eigenvalue weighted by molar-refractivity contribution is 0.112. The van der Waals surface area contributed by atoms with Crippen molar-refractivity contribution in [2.45, 2.75) is 129 Å². The lowest BCUT2D eigenvalue weighted by atomic mass is 9.99. The third-order valence-corrected chi connectivity index (χ3v) is 5.74. The fraction of sp³-hybridized carbons (Fsp3) is 1.00. The second-order valence-corrected chi connectivity index (χ2v) is 8.38. The monoisotopic (exact) mass is 411 g/mol. The minimum Gasteiger partial charge on any atom is -0.393 e. The van der Waals surface area contributed by atoms with Crippen molar-refractivity contribution in [2.75, 3.05) is 13.1 Å². The van der Waals surface area contributed by atoms with Gasteiger partial charge in [0, 0.05) is 11.4 Å². The summed E-state index contributed by atoms with van der Waals surface area (Å²) in [6.45, 7) is 10.6. The van der Waals surface area contributed by atoms with Crippen molar-refractivity contribution >= 4 is 24.0 Å². The molecule has 0 aromatic carbocycles. The Morgan fingerprint density at radius 3 is 1.65 bits per heavy atom. The normalized spacial score (nSPS) is 14.9. The van der Waals surface area contributed by atoms with Gasteiger partial charge in [-0.15, -0.1) is 24.0 Å². The van der Waals surface area contributed by atoms with Crippen LogP contribution in [0.15, 0.2) is 0 Å². The Hall–Kier alpha value is 0.500. The lowest BCUT2D eigenvalue weighted by Gasteiger charge is -2.32. The second kappa shape index (κ2) is 20.2. The summed E-state index contributed by atoms with van der Waals surface area (Å²) in [6.07, 6.45) is 16.5. The fourth-order valence-corrected chi connectivity index (χ4v) is 4.15. The summed E-state index contributed by atoms with van der Waals surface area (Å²) in [4.78, 5) is 2.45. The maximum Gasteiger partial charge on any atom is 0.0527 e. The largest absolute Gasteiger partial charge is 0.393 e. The molecule has 0 bridgehead atoms. The van der Waals surface area contributed by atoms with E-state index in [1.54, 1.807) is 0 Å². The summed E-state index contributed by atoms with van der Waals surface area (Å²) in [5.74, 6) is 0.